The molecule has 1 aliphatic rings. The second-order valence-electron chi connectivity index (χ2n) is 6.05. The van der Waals surface area contributed by atoms with E-state index in [1.54, 1.807) is 0 Å². The quantitative estimate of drug-likeness (QED) is 0.885. The van der Waals surface area contributed by atoms with Gasteiger partial charge in [-0.2, -0.15) is 0 Å². The molecule has 1 aliphatic heterocycles. The Bertz CT molecular complexity index is 403. The first-order valence-electron chi connectivity index (χ1n) is 7.39. The lowest BCUT2D eigenvalue weighted by Gasteiger charge is -2.28. The van der Waals surface area contributed by atoms with Crippen molar-refractivity contribution < 1.29 is 0 Å². The first-order chi connectivity index (χ1) is 9.08. The Labute approximate surface area is 116 Å². The van der Waals surface area contributed by atoms with E-state index in [1.165, 1.54) is 12.8 Å². The maximum atomic E-state index is 4.76. The molecule has 0 aromatic carbocycles. The predicted molar refractivity (Wildman–Crippen MR) is 79.2 cm³/mol. The molecule has 0 aliphatic carbocycles. The van der Waals surface area contributed by atoms with E-state index in [-0.39, 0.29) is 0 Å². The lowest BCUT2D eigenvalue weighted by atomic mass is 10.0. The SMILES string of the molecule is CC(C)NCc1cncc(N2CCCC2C(C)C)n1. The van der Waals surface area contributed by atoms with Crippen LogP contribution in [-0.2, 0) is 6.54 Å². The van der Waals surface area contributed by atoms with Crippen molar-refractivity contribution in [3.8, 4) is 0 Å². The highest BCUT2D eigenvalue weighted by molar-refractivity contribution is 5.39. The van der Waals surface area contributed by atoms with E-state index < -0.39 is 0 Å². The lowest BCUT2D eigenvalue weighted by Crippen LogP contribution is -2.34. The fraction of sp³-hybridized carbons (Fsp3) is 0.733. The van der Waals surface area contributed by atoms with Gasteiger partial charge in [0.05, 0.1) is 11.9 Å². The third-order valence-corrected chi connectivity index (χ3v) is 3.73. The molecule has 2 heterocycles. The molecular weight excluding hydrogens is 236 g/mol. The molecule has 1 aromatic rings. The van der Waals surface area contributed by atoms with Crippen molar-refractivity contribution in [3.63, 3.8) is 0 Å². The van der Waals surface area contributed by atoms with Gasteiger partial charge in [0.25, 0.3) is 0 Å². The van der Waals surface area contributed by atoms with Gasteiger partial charge in [-0.1, -0.05) is 27.7 Å². The van der Waals surface area contributed by atoms with E-state index in [0.29, 0.717) is 18.0 Å². The average Bonchev–Trinajstić information content (AvgIpc) is 2.86. The fourth-order valence-electron chi connectivity index (χ4n) is 2.70. The standard InChI is InChI=1S/C15H26N4/c1-11(2)14-6-5-7-19(14)15-10-16-8-13(18-15)9-17-12(3)4/h8,10-12,14,17H,5-7,9H2,1-4H3. The topological polar surface area (TPSA) is 41.1 Å². The Morgan fingerprint density at radius 3 is 2.79 bits per heavy atom. The first-order valence-corrected chi connectivity index (χ1v) is 7.39. The summed E-state index contributed by atoms with van der Waals surface area (Å²) in [5.41, 5.74) is 1.03. The Hall–Kier alpha value is -1.16. The van der Waals surface area contributed by atoms with Gasteiger partial charge in [0.1, 0.15) is 5.82 Å². The van der Waals surface area contributed by atoms with E-state index in [9.17, 15) is 0 Å². The summed E-state index contributed by atoms with van der Waals surface area (Å²) in [6, 6.07) is 1.09. The summed E-state index contributed by atoms with van der Waals surface area (Å²) in [6.07, 6.45) is 6.30. The largest absolute Gasteiger partial charge is 0.352 e. The van der Waals surface area contributed by atoms with Crippen molar-refractivity contribution in [2.24, 2.45) is 5.92 Å². The minimum Gasteiger partial charge on any atom is -0.352 e. The second-order valence-corrected chi connectivity index (χ2v) is 6.05. The van der Waals surface area contributed by atoms with Crippen LogP contribution in [0.4, 0.5) is 5.82 Å². The third kappa shape index (κ3) is 3.66. The van der Waals surface area contributed by atoms with Crippen molar-refractivity contribution in [2.45, 2.75) is 59.2 Å². The normalized spacial score (nSPS) is 19.7. The second kappa shape index (κ2) is 6.33. The highest BCUT2D eigenvalue weighted by Gasteiger charge is 2.28. The number of anilines is 1. The van der Waals surface area contributed by atoms with Crippen LogP contribution in [0.2, 0.25) is 0 Å². The van der Waals surface area contributed by atoms with E-state index in [4.69, 9.17) is 4.98 Å². The van der Waals surface area contributed by atoms with Crippen LogP contribution in [0.15, 0.2) is 12.4 Å². The van der Waals surface area contributed by atoms with Crippen molar-refractivity contribution >= 4 is 5.82 Å². The lowest BCUT2D eigenvalue weighted by molar-refractivity contribution is 0.488. The molecule has 2 rings (SSSR count). The van der Waals surface area contributed by atoms with Gasteiger partial charge in [-0.3, -0.25) is 4.98 Å². The average molecular weight is 262 g/mol. The molecule has 0 spiro atoms. The van der Waals surface area contributed by atoms with Gasteiger partial charge >= 0.3 is 0 Å². The van der Waals surface area contributed by atoms with Crippen LogP contribution in [-0.4, -0.2) is 28.6 Å². The molecule has 0 amide bonds. The molecule has 1 atom stereocenters. The smallest absolute Gasteiger partial charge is 0.147 e. The van der Waals surface area contributed by atoms with Crippen LogP contribution in [0.1, 0.15) is 46.2 Å². The Kier molecular flexibility index (Phi) is 4.75. The van der Waals surface area contributed by atoms with E-state index in [2.05, 4.69) is 42.9 Å². The molecule has 1 fully saturated rings. The number of rotatable bonds is 5. The summed E-state index contributed by atoms with van der Waals surface area (Å²) in [5.74, 6) is 1.71. The highest BCUT2D eigenvalue weighted by atomic mass is 15.2. The van der Waals surface area contributed by atoms with Gasteiger partial charge in [-0.25, -0.2) is 4.98 Å². The molecular formula is C15H26N4. The molecule has 1 N–H and O–H groups in total. The highest BCUT2D eigenvalue weighted by Crippen LogP contribution is 2.27. The zero-order chi connectivity index (χ0) is 13.8. The van der Waals surface area contributed by atoms with E-state index in [1.807, 2.05) is 12.4 Å². The van der Waals surface area contributed by atoms with Gasteiger partial charge in [-0.15, -0.1) is 0 Å². The fourth-order valence-corrected chi connectivity index (χ4v) is 2.70. The van der Waals surface area contributed by atoms with Crippen LogP contribution < -0.4 is 10.2 Å². The number of nitrogens with one attached hydrogen (secondary N) is 1. The molecule has 0 bridgehead atoms. The Morgan fingerprint density at radius 2 is 2.11 bits per heavy atom. The van der Waals surface area contributed by atoms with Crippen molar-refractivity contribution in [1.82, 2.24) is 15.3 Å². The first kappa shape index (κ1) is 14.3. The van der Waals surface area contributed by atoms with Crippen LogP contribution in [0.25, 0.3) is 0 Å². The van der Waals surface area contributed by atoms with Gasteiger partial charge in [0.2, 0.25) is 0 Å². The molecule has 106 valence electrons. The summed E-state index contributed by atoms with van der Waals surface area (Å²) in [6.45, 7) is 10.8. The summed E-state index contributed by atoms with van der Waals surface area (Å²) in [7, 11) is 0. The molecule has 0 saturated carbocycles. The van der Waals surface area contributed by atoms with Gasteiger partial charge < -0.3 is 10.2 Å². The van der Waals surface area contributed by atoms with Crippen LogP contribution in [0.5, 0.6) is 0 Å². The monoisotopic (exact) mass is 262 g/mol. The number of hydrogen-bond donors (Lipinski definition) is 1. The van der Waals surface area contributed by atoms with Crippen LogP contribution in [0, 0.1) is 5.92 Å². The Morgan fingerprint density at radius 1 is 1.32 bits per heavy atom. The molecule has 1 aromatic heterocycles. The molecule has 1 saturated heterocycles. The third-order valence-electron chi connectivity index (χ3n) is 3.73. The molecule has 19 heavy (non-hydrogen) atoms. The maximum absolute atomic E-state index is 4.76. The van der Waals surface area contributed by atoms with Gasteiger partial charge in [0.15, 0.2) is 0 Å². The minimum absolute atomic E-state index is 0.473. The molecule has 4 nitrogen and oxygen atoms in total. The maximum Gasteiger partial charge on any atom is 0.147 e. The number of hydrogen-bond acceptors (Lipinski definition) is 4. The van der Waals surface area contributed by atoms with Crippen molar-refractivity contribution in [2.75, 3.05) is 11.4 Å². The predicted octanol–water partition coefficient (Wildman–Crippen LogP) is 2.60. The summed E-state index contributed by atoms with van der Waals surface area (Å²) >= 11 is 0. The molecule has 0 radical (unpaired) electrons. The van der Waals surface area contributed by atoms with Crippen LogP contribution in [0.3, 0.4) is 0 Å². The number of nitrogens with zero attached hydrogens (tertiary/aromatic N) is 3. The van der Waals surface area contributed by atoms with E-state index >= 15 is 0 Å². The van der Waals surface area contributed by atoms with Crippen molar-refractivity contribution in [1.29, 1.82) is 0 Å². The molecule has 4 heteroatoms. The van der Waals surface area contributed by atoms with E-state index in [0.717, 1.165) is 24.6 Å². The zero-order valence-corrected chi connectivity index (χ0v) is 12.6. The van der Waals surface area contributed by atoms with Crippen LogP contribution >= 0.6 is 0 Å². The van der Waals surface area contributed by atoms with Gasteiger partial charge in [-0.05, 0) is 18.8 Å². The minimum atomic E-state index is 0.473. The zero-order valence-electron chi connectivity index (χ0n) is 12.6. The summed E-state index contributed by atoms with van der Waals surface area (Å²) in [4.78, 5) is 11.5. The molecule has 1 unspecified atom stereocenters. The number of aromatic nitrogens is 2. The summed E-state index contributed by atoms with van der Waals surface area (Å²) in [5, 5.41) is 3.39. The van der Waals surface area contributed by atoms with Crippen molar-refractivity contribution in [3.05, 3.63) is 18.1 Å². The van der Waals surface area contributed by atoms with Gasteiger partial charge in [0, 0.05) is 31.4 Å². The Balaban J connectivity index is 2.09. The summed E-state index contributed by atoms with van der Waals surface area (Å²) < 4.78 is 0.